The van der Waals surface area contributed by atoms with Gasteiger partial charge in [0.15, 0.2) is 0 Å². The summed E-state index contributed by atoms with van der Waals surface area (Å²) in [6.45, 7) is 0. The van der Waals surface area contributed by atoms with Crippen LogP contribution in [0.3, 0.4) is 0 Å². The van der Waals surface area contributed by atoms with Crippen molar-refractivity contribution in [3.8, 4) is 11.1 Å². The van der Waals surface area contributed by atoms with E-state index >= 15 is 0 Å². The first-order chi connectivity index (χ1) is 12.2. The molecule has 0 aliphatic heterocycles. The minimum absolute atomic E-state index is 0.265. The molecule has 124 valence electrons. The number of nitrogens with zero attached hydrogens (tertiary/aromatic N) is 1. The van der Waals surface area contributed by atoms with Gasteiger partial charge in [0.25, 0.3) is 5.55 Å². The Morgan fingerprint density at radius 3 is 2.56 bits per heavy atom. The molecule has 1 aliphatic carbocycles. The molecule has 0 bridgehead atoms. The van der Waals surface area contributed by atoms with Crippen molar-refractivity contribution < 1.29 is 18.4 Å². The van der Waals surface area contributed by atoms with Gasteiger partial charge in [0.2, 0.25) is 0 Å². The molecule has 0 radical (unpaired) electrons. The third kappa shape index (κ3) is 2.09. The first-order valence-corrected chi connectivity index (χ1v) is 8.18. The Morgan fingerprint density at radius 2 is 1.76 bits per heavy atom. The lowest BCUT2D eigenvalue weighted by molar-refractivity contribution is 0.275. The van der Waals surface area contributed by atoms with E-state index in [0.29, 0.717) is 11.2 Å². The molecule has 2 aromatic heterocycles. The first-order valence-electron chi connectivity index (χ1n) is 8.18. The number of fused-ring (bicyclic) bond motifs is 4. The summed E-state index contributed by atoms with van der Waals surface area (Å²) in [5, 5.41) is 14.5. The molecule has 0 saturated heterocycles. The van der Waals surface area contributed by atoms with E-state index in [1.807, 2.05) is 6.07 Å². The third-order valence-electron chi connectivity index (χ3n) is 4.93. The molecule has 25 heavy (non-hydrogen) atoms. The molecule has 4 nitrogen and oxygen atoms in total. The number of hydrogen-bond acceptors (Lipinski definition) is 4. The Balaban J connectivity index is 1.83. The quantitative estimate of drug-likeness (QED) is 0.403. The number of hydrogen-bond donors (Lipinski definition) is 1. The minimum atomic E-state index is -0.265. The van der Waals surface area contributed by atoms with Gasteiger partial charge >= 0.3 is 0 Å². The summed E-state index contributed by atoms with van der Waals surface area (Å²) in [5.74, 6) is -0.265. The number of benzene rings is 2. The second-order valence-corrected chi connectivity index (χ2v) is 6.32. The van der Waals surface area contributed by atoms with Crippen LogP contribution in [0.15, 0.2) is 56.7 Å². The predicted molar refractivity (Wildman–Crippen MR) is 90.8 cm³/mol. The average Bonchev–Trinajstić information content (AvgIpc) is 3.27. The van der Waals surface area contributed by atoms with Gasteiger partial charge in [-0.05, 0) is 53.7 Å². The van der Waals surface area contributed by atoms with E-state index in [4.69, 9.17) is 8.83 Å². The Kier molecular flexibility index (Phi) is 2.98. The first kappa shape index (κ1) is 14.3. The molecule has 0 spiro atoms. The molecule has 2 heterocycles. The van der Waals surface area contributed by atoms with Crippen molar-refractivity contribution in [3.63, 3.8) is 0 Å². The highest BCUT2D eigenvalue weighted by atomic mass is 19.1. The molecule has 2 aromatic carbocycles. The molecule has 5 heteroatoms. The van der Waals surface area contributed by atoms with Gasteiger partial charge in [-0.3, -0.25) is 0 Å². The maximum absolute atomic E-state index is 13.2. The third-order valence-corrected chi connectivity index (χ3v) is 4.93. The van der Waals surface area contributed by atoms with Crippen molar-refractivity contribution >= 4 is 21.9 Å². The molecular weight excluding hydrogens is 321 g/mol. The lowest BCUT2D eigenvalue weighted by Crippen LogP contribution is -2.09. The van der Waals surface area contributed by atoms with E-state index in [2.05, 4.69) is 11.2 Å². The van der Waals surface area contributed by atoms with Crippen molar-refractivity contribution in [3.05, 3.63) is 65.2 Å². The average molecular weight is 335 g/mol. The largest absolute Gasteiger partial charge is 0.464 e. The monoisotopic (exact) mass is 335 g/mol. The molecule has 0 atom stereocenters. The van der Waals surface area contributed by atoms with Gasteiger partial charge in [-0.25, -0.2) is 4.39 Å². The molecule has 0 unspecified atom stereocenters. The normalized spacial score (nSPS) is 14.5. The van der Waals surface area contributed by atoms with Crippen LogP contribution in [0.2, 0.25) is 0 Å². The summed E-state index contributed by atoms with van der Waals surface area (Å²) < 4.78 is 24.7. The van der Waals surface area contributed by atoms with E-state index < -0.39 is 0 Å². The highest BCUT2D eigenvalue weighted by Crippen LogP contribution is 2.36. The lowest BCUT2D eigenvalue weighted by atomic mass is 10.0. The van der Waals surface area contributed by atoms with Gasteiger partial charge in [-0.1, -0.05) is 12.1 Å². The van der Waals surface area contributed by atoms with Gasteiger partial charge in [0.05, 0.1) is 6.26 Å². The molecular formula is C20H14FNO3. The summed E-state index contributed by atoms with van der Waals surface area (Å²) >= 11 is 0. The van der Waals surface area contributed by atoms with Crippen LogP contribution < -0.4 is 5.55 Å². The highest BCUT2D eigenvalue weighted by molar-refractivity contribution is 6.02. The van der Waals surface area contributed by atoms with Crippen molar-refractivity contribution in [2.45, 2.75) is 19.3 Å². The van der Waals surface area contributed by atoms with E-state index in [0.717, 1.165) is 46.7 Å². The number of aryl methyl sites for hydroxylation is 1. The molecule has 0 amide bonds. The van der Waals surface area contributed by atoms with Crippen LogP contribution in [-0.4, -0.2) is 5.21 Å². The fraction of sp³-hybridized carbons (Fsp3) is 0.150. The fourth-order valence-electron chi connectivity index (χ4n) is 3.75. The topological polar surface area (TPSA) is 58.9 Å². The number of furan rings is 1. The van der Waals surface area contributed by atoms with Crippen LogP contribution >= 0.6 is 0 Å². The summed E-state index contributed by atoms with van der Waals surface area (Å²) in [5.41, 5.74) is 5.56. The van der Waals surface area contributed by atoms with Crippen LogP contribution in [-0.2, 0) is 12.8 Å². The maximum Gasteiger partial charge on any atom is 0.259 e. The molecule has 4 aromatic rings. The molecule has 0 fully saturated rings. The molecule has 5 rings (SSSR count). The number of halogens is 1. The van der Waals surface area contributed by atoms with Crippen LogP contribution in [0, 0.1) is 5.82 Å². The summed E-state index contributed by atoms with van der Waals surface area (Å²) in [7, 11) is 0. The van der Waals surface area contributed by atoms with Gasteiger partial charge in [-0.15, -0.1) is 0 Å². The van der Waals surface area contributed by atoms with Crippen molar-refractivity contribution in [2.75, 3.05) is 0 Å². The highest BCUT2D eigenvalue weighted by Gasteiger charge is 2.20. The smallest absolute Gasteiger partial charge is 0.259 e. The lowest BCUT2D eigenvalue weighted by Gasteiger charge is -2.06. The van der Waals surface area contributed by atoms with Crippen molar-refractivity contribution in [1.29, 1.82) is 0 Å². The van der Waals surface area contributed by atoms with Gasteiger partial charge in [0, 0.05) is 28.0 Å². The summed E-state index contributed by atoms with van der Waals surface area (Å²) in [6.07, 6.45) is 4.47. The molecule has 1 N–H and O–H groups in total. The zero-order valence-electron chi connectivity index (χ0n) is 13.3. The Morgan fingerprint density at radius 1 is 0.960 bits per heavy atom. The number of rotatable bonds is 1. The van der Waals surface area contributed by atoms with Gasteiger partial charge < -0.3 is 14.0 Å². The van der Waals surface area contributed by atoms with E-state index in [1.54, 1.807) is 18.4 Å². The van der Waals surface area contributed by atoms with Crippen LogP contribution in [0.1, 0.15) is 17.5 Å². The molecule has 0 saturated carbocycles. The Labute approximate surface area is 141 Å². The van der Waals surface area contributed by atoms with Gasteiger partial charge in [-0.2, -0.15) is 0 Å². The second kappa shape index (κ2) is 5.21. The fourth-order valence-corrected chi connectivity index (χ4v) is 3.75. The molecule has 1 aliphatic rings. The summed E-state index contributed by atoms with van der Waals surface area (Å²) in [6, 6.07) is 10.2. The Hall–Kier alpha value is -3.08. The summed E-state index contributed by atoms with van der Waals surface area (Å²) in [4.78, 5) is 0. The van der Waals surface area contributed by atoms with Gasteiger partial charge in [0.1, 0.15) is 17.0 Å². The van der Waals surface area contributed by atoms with Crippen molar-refractivity contribution in [1.82, 2.24) is 0 Å². The minimum Gasteiger partial charge on any atom is -0.464 e. The van der Waals surface area contributed by atoms with Crippen LogP contribution in [0.5, 0.6) is 0 Å². The van der Waals surface area contributed by atoms with E-state index in [1.165, 1.54) is 17.7 Å². The van der Waals surface area contributed by atoms with E-state index in [-0.39, 0.29) is 11.4 Å². The SMILES string of the molecule is ON=c1oc2cc3occ(-c4ccc(F)cc4)c3cc2c2c1CCC2. The van der Waals surface area contributed by atoms with Crippen molar-refractivity contribution in [2.24, 2.45) is 5.16 Å². The second-order valence-electron chi connectivity index (χ2n) is 6.32. The predicted octanol–water partition coefficient (Wildman–Crippen LogP) is 4.76. The Bertz CT molecular complexity index is 1190. The zero-order valence-corrected chi connectivity index (χ0v) is 13.3. The standard InChI is InChI=1S/C20H14FNO3/c21-12-6-4-11(5-7-12)17-10-24-18-9-19-15(8-16(17)18)13-2-1-3-14(13)20(22-23)25-19/h4-10,23H,1-3H2. The zero-order chi connectivity index (χ0) is 17.0. The van der Waals surface area contributed by atoms with E-state index in [9.17, 15) is 9.60 Å². The van der Waals surface area contributed by atoms with Crippen LogP contribution in [0.25, 0.3) is 33.1 Å². The van der Waals surface area contributed by atoms with Crippen LogP contribution in [0.4, 0.5) is 4.39 Å². The maximum atomic E-state index is 13.2.